The lowest BCUT2D eigenvalue weighted by Gasteiger charge is -2.13. The summed E-state index contributed by atoms with van der Waals surface area (Å²) in [7, 11) is 0. The van der Waals surface area contributed by atoms with Gasteiger partial charge in [-0.15, -0.1) is 0 Å². The van der Waals surface area contributed by atoms with Gasteiger partial charge < -0.3 is 4.90 Å². The van der Waals surface area contributed by atoms with E-state index in [0.717, 1.165) is 24.9 Å². The molecule has 0 amide bonds. The van der Waals surface area contributed by atoms with E-state index in [-0.39, 0.29) is 0 Å². The van der Waals surface area contributed by atoms with Crippen molar-refractivity contribution in [3.63, 3.8) is 0 Å². The molecule has 2 fully saturated rings. The molecule has 0 aromatic carbocycles. The van der Waals surface area contributed by atoms with Gasteiger partial charge in [-0.1, -0.05) is 0 Å². The summed E-state index contributed by atoms with van der Waals surface area (Å²) >= 11 is 0. The maximum atomic E-state index is 8.76. The fraction of sp³-hybridized carbons (Fsp3) is 0.889. The van der Waals surface area contributed by atoms with Gasteiger partial charge in [0.1, 0.15) is 0 Å². The van der Waals surface area contributed by atoms with Gasteiger partial charge in [0.25, 0.3) is 0 Å². The molecule has 2 aliphatic rings. The molecule has 0 atom stereocenters. The minimum atomic E-state index is 0.855. The van der Waals surface area contributed by atoms with Gasteiger partial charge in [-0.2, -0.15) is 5.26 Å². The molecule has 2 saturated carbocycles. The van der Waals surface area contributed by atoms with Crippen molar-refractivity contribution in [3.05, 3.63) is 0 Å². The van der Waals surface area contributed by atoms with E-state index in [1.54, 1.807) is 0 Å². The van der Waals surface area contributed by atoms with Gasteiger partial charge in [-0.3, -0.25) is 0 Å². The third-order valence-corrected chi connectivity index (χ3v) is 2.49. The van der Waals surface area contributed by atoms with Crippen LogP contribution in [-0.4, -0.2) is 18.0 Å². The number of hydrogen-bond donors (Lipinski definition) is 0. The normalized spacial score (nSPS) is 22.8. The summed E-state index contributed by atoms with van der Waals surface area (Å²) in [6.07, 6.45) is 7.68. The maximum absolute atomic E-state index is 8.76. The SMILES string of the molecule is N#CN(CC1CC1)CC1CC1. The predicted molar refractivity (Wildman–Crippen MR) is 42.6 cm³/mol. The van der Waals surface area contributed by atoms with E-state index in [4.69, 9.17) is 5.26 Å². The number of nitriles is 1. The Morgan fingerprint density at radius 3 is 1.82 bits per heavy atom. The van der Waals surface area contributed by atoms with Crippen LogP contribution >= 0.6 is 0 Å². The van der Waals surface area contributed by atoms with Crippen LogP contribution in [0.5, 0.6) is 0 Å². The van der Waals surface area contributed by atoms with Crippen molar-refractivity contribution >= 4 is 0 Å². The third-order valence-electron chi connectivity index (χ3n) is 2.49. The molecule has 2 nitrogen and oxygen atoms in total. The molecule has 0 unspecified atom stereocenters. The van der Waals surface area contributed by atoms with E-state index in [1.807, 2.05) is 4.90 Å². The summed E-state index contributed by atoms with van der Waals surface area (Å²) in [5.41, 5.74) is 0. The molecule has 2 rings (SSSR count). The lowest BCUT2D eigenvalue weighted by molar-refractivity contribution is 0.359. The second-order valence-corrected chi connectivity index (χ2v) is 3.89. The van der Waals surface area contributed by atoms with Crippen LogP contribution in [0.4, 0.5) is 0 Å². The van der Waals surface area contributed by atoms with Gasteiger partial charge in [-0.25, -0.2) is 0 Å². The van der Waals surface area contributed by atoms with Crippen molar-refractivity contribution in [2.45, 2.75) is 25.7 Å². The van der Waals surface area contributed by atoms with Crippen LogP contribution in [0.15, 0.2) is 0 Å². The van der Waals surface area contributed by atoms with E-state index >= 15 is 0 Å². The average Bonchev–Trinajstić information content (AvgIpc) is 2.78. The standard InChI is InChI=1S/C9H14N2/c10-7-11(5-8-1-2-8)6-9-3-4-9/h8-9H,1-6H2. The molecule has 0 heterocycles. The molecule has 0 saturated heterocycles. The van der Waals surface area contributed by atoms with Crippen molar-refractivity contribution < 1.29 is 0 Å². The van der Waals surface area contributed by atoms with Gasteiger partial charge in [-0.05, 0) is 37.5 Å². The van der Waals surface area contributed by atoms with Crippen LogP contribution in [0, 0.1) is 23.3 Å². The Labute approximate surface area is 67.8 Å². The van der Waals surface area contributed by atoms with Crippen LogP contribution in [0.2, 0.25) is 0 Å². The zero-order valence-corrected chi connectivity index (χ0v) is 6.79. The summed E-state index contributed by atoms with van der Waals surface area (Å²) in [6, 6.07) is 0. The highest BCUT2D eigenvalue weighted by Gasteiger charge is 2.28. The average molecular weight is 150 g/mol. The van der Waals surface area contributed by atoms with Crippen molar-refractivity contribution in [2.24, 2.45) is 11.8 Å². The Hall–Kier alpha value is -0.710. The second kappa shape index (κ2) is 2.73. The first-order chi connectivity index (χ1) is 5.38. The first kappa shape index (κ1) is 6.97. The summed E-state index contributed by atoms with van der Waals surface area (Å²) in [4.78, 5) is 1.95. The number of nitrogens with zero attached hydrogens (tertiary/aromatic N) is 2. The van der Waals surface area contributed by atoms with Gasteiger partial charge in [0.2, 0.25) is 0 Å². The number of rotatable bonds is 4. The maximum Gasteiger partial charge on any atom is 0.179 e. The molecule has 11 heavy (non-hydrogen) atoms. The van der Waals surface area contributed by atoms with Gasteiger partial charge in [0.15, 0.2) is 6.19 Å². The van der Waals surface area contributed by atoms with E-state index in [2.05, 4.69) is 6.19 Å². The lowest BCUT2D eigenvalue weighted by atomic mass is 10.3. The van der Waals surface area contributed by atoms with E-state index in [9.17, 15) is 0 Å². The summed E-state index contributed by atoms with van der Waals surface area (Å²) in [5, 5.41) is 8.76. The van der Waals surface area contributed by atoms with Gasteiger partial charge in [0, 0.05) is 13.1 Å². The molecule has 0 aliphatic heterocycles. The second-order valence-electron chi connectivity index (χ2n) is 3.89. The topological polar surface area (TPSA) is 27.0 Å². The molecule has 2 heteroatoms. The summed E-state index contributed by atoms with van der Waals surface area (Å²) in [5.74, 6) is 1.71. The Morgan fingerprint density at radius 1 is 1.09 bits per heavy atom. The smallest absolute Gasteiger partial charge is 0.179 e. The molecule has 0 aromatic rings. The highest BCUT2D eigenvalue weighted by Crippen LogP contribution is 2.33. The molecular formula is C9H14N2. The lowest BCUT2D eigenvalue weighted by Crippen LogP contribution is -2.22. The van der Waals surface area contributed by atoms with Crippen LogP contribution < -0.4 is 0 Å². The predicted octanol–water partition coefficient (Wildman–Crippen LogP) is 1.59. The van der Waals surface area contributed by atoms with Crippen molar-refractivity contribution in [2.75, 3.05) is 13.1 Å². The van der Waals surface area contributed by atoms with Gasteiger partial charge >= 0.3 is 0 Å². The summed E-state index contributed by atoms with van der Waals surface area (Å²) in [6.45, 7) is 2.07. The van der Waals surface area contributed by atoms with Crippen LogP contribution in [0.25, 0.3) is 0 Å². The first-order valence-corrected chi connectivity index (χ1v) is 4.53. The van der Waals surface area contributed by atoms with Crippen molar-refractivity contribution in [1.82, 2.24) is 4.90 Å². The Kier molecular flexibility index (Phi) is 1.73. The highest BCUT2D eigenvalue weighted by atomic mass is 15.1. The minimum absolute atomic E-state index is 0.855. The van der Waals surface area contributed by atoms with Crippen molar-refractivity contribution in [3.8, 4) is 6.19 Å². The Bertz CT molecular complexity index is 160. The fourth-order valence-corrected chi connectivity index (χ4v) is 1.38. The highest BCUT2D eigenvalue weighted by molar-refractivity contribution is 4.87. The quantitative estimate of drug-likeness (QED) is 0.449. The molecule has 2 aliphatic carbocycles. The van der Waals surface area contributed by atoms with Crippen LogP contribution in [-0.2, 0) is 0 Å². The largest absolute Gasteiger partial charge is 0.310 e. The molecule has 60 valence electrons. The molecule has 0 spiro atoms. The van der Waals surface area contributed by atoms with Crippen LogP contribution in [0.3, 0.4) is 0 Å². The van der Waals surface area contributed by atoms with E-state index in [1.165, 1.54) is 25.7 Å². The fourth-order valence-electron chi connectivity index (χ4n) is 1.38. The minimum Gasteiger partial charge on any atom is -0.310 e. The Balaban J connectivity index is 1.71. The van der Waals surface area contributed by atoms with Crippen LogP contribution in [0.1, 0.15) is 25.7 Å². The Morgan fingerprint density at radius 2 is 1.55 bits per heavy atom. The molecular weight excluding hydrogens is 136 g/mol. The summed E-state index contributed by atoms with van der Waals surface area (Å²) < 4.78 is 0. The molecule has 0 bridgehead atoms. The zero-order chi connectivity index (χ0) is 7.68. The zero-order valence-electron chi connectivity index (χ0n) is 6.79. The molecule has 0 radical (unpaired) electrons. The molecule has 0 N–H and O–H groups in total. The number of hydrogen-bond acceptors (Lipinski definition) is 2. The third kappa shape index (κ3) is 2.11. The van der Waals surface area contributed by atoms with E-state index < -0.39 is 0 Å². The van der Waals surface area contributed by atoms with Crippen molar-refractivity contribution in [1.29, 1.82) is 5.26 Å². The monoisotopic (exact) mass is 150 g/mol. The van der Waals surface area contributed by atoms with E-state index in [0.29, 0.717) is 0 Å². The van der Waals surface area contributed by atoms with Gasteiger partial charge in [0.05, 0.1) is 0 Å². The molecule has 0 aromatic heterocycles. The first-order valence-electron chi connectivity index (χ1n) is 4.53.